The molecule has 0 radical (unpaired) electrons. The highest BCUT2D eigenvalue weighted by atomic mass is 15.1. The zero-order valence-corrected chi connectivity index (χ0v) is 9.95. The molecular formula is C12H21N3. The van der Waals surface area contributed by atoms with E-state index < -0.39 is 0 Å². The predicted octanol–water partition coefficient (Wildman–Crippen LogP) is 2.01. The van der Waals surface area contributed by atoms with Gasteiger partial charge >= 0.3 is 0 Å². The van der Waals surface area contributed by atoms with Gasteiger partial charge < -0.3 is 9.88 Å². The van der Waals surface area contributed by atoms with Crippen LogP contribution in [0.15, 0.2) is 12.5 Å². The standard InChI is InChI=1S/C12H21N3/c1-12(2,3)8-15-9-14-7-11(15)10-4-5-13-6-10/h7,9-10,13H,4-6,8H2,1-3H3. The number of hydrogen-bond donors (Lipinski definition) is 1. The highest BCUT2D eigenvalue weighted by molar-refractivity contribution is 5.09. The molecule has 1 aliphatic heterocycles. The predicted molar refractivity (Wildman–Crippen MR) is 61.9 cm³/mol. The lowest BCUT2D eigenvalue weighted by molar-refractivity contribution is 0.336. The van der Waals surface area contributed by atoms with Gasteiger partial charge in [0.1, 0.15) is 0 Å². The third-order valence-electron chi connectivity index (χ3n) is 2.87. The van der Waals surface area contributed by atoms with Gasteiger partial charge in [-0.1, -0.05) is 20.8 Å². The summed E-state index contributed by atoms with van der Waals surface area (Å²) >= 11 is 0. The van der Waals surface area contributed by atoms with E-state index in [9.17, 15) is 0 Å². The summed E-state index contributed by atoms with van der Waals surface area (Å²) in [6.07, 6.45) is 5.25. The summed E-state index contributed by atoms with van der Waals surface area (Å²) in [6, 6.07) is 0. The SMILES string of the molecule is CC(C)(C)Cn1cncc1C1CCNC1. The summed E-state index contributed by atoms with van der Waals surface area (Å²) in [4.78, 5) is 4.29. The molecule has 0 aromatic carbocycles. The van der Waals surface area contributed by atoms with E-state index in [-0.39, 0.29) is 0 Å². The van der Waals surface area contributed by atoms with Gasteiger partial charge in [-0.15, -0.1) is 0 Å². The molecule has 1 aromatic heterocycles. The molecule has 1 fully saturated rings. The Bertz CT molecular complexity index is 316. The Hall–Kier alpha value is -0.830. The van der Waals surface area contributed by atoms with Crippen molar-refractivity contribution < 1.29 is 0 Å². The molecule has 1 N–H and O–H groups in total. The molecule has 1 saturated heterocycles. The quantitative estimate of drug-likeness (QED) is 0.804. The second-order valence-electron chi connectivity index (χ2n) is 5.70. The van der Waals surface area contributed by atoms with Gasteiger partial charge in [-0.2, -0.15) is 0 Å². The van der Waals surface area contributed by atoms with Crippen LogP contribution in [0.2, 0.25) is 0 Å². The van der Waals surface area contributed by atoms with Gasteiger partial charge in [-0.25, -0.2) is 4.98 Å². The molecule has 15 heavy (non-hydrogen) atoms. The number of aromatic nitrogens is 2. The van der Waals surface area contributed by atoms with Gasteiger partial charge in [0.2, 0.25) is 0 Å². The maximum absolute atomic E-state index is 4.29. The second kappa shape index (κ2) is 3.97. The molecule has 1 aromatic rings. The molecule has 0 bridgehead atoms. The molecule has 0 amide bonds. The Labute approximate surface area is 91.9 Å². The number of rotatable bonds is 2. The van der Waals surface area contributed by atoms with Gasteiger partial charge in [0, 0.05) is 30.9 Å². The van der Waals surface area contributed by atoms with Crippen molar-refractivity contribution in [2.75, 3.05) is 13.1 Å². The van der Waals surface area contributed by atoms with Crippen LogP contribution in [0.1, 0.15) is 38.8 Å². The molecular weight excluding hydrogens is 186 g/mol. The molecule has 1 unspecified atom stereocenters. The monoisotopic (exact) mass is 207 g/mol. The molecule has 2 heterocycles. The van der Waals surface area contributed by atoms with Crippen LogP contribution in [0.4, 0.5) is 0 Å². The highest BCUT2D eigenvalue weighted by Gasteiger charge is 2.21. The van der Waals surface area contributed by atoms with Crippen molar-refractivity contribution >= 4 is 0 Å². The van der Waals surface area contributed by atoms with Crippen LogP contribution in [0.3, 0.4) is 0 Å². The minimum absolute atomic E-state index is 0.321. The third-order valence-corrected chi connectivity index (χ3v) is 2.87. The van der Waals surface area contributed by atoms with Crippen LogP contribution in [0.25, 0.3) is 0 Å². The molecule has 0 saturated carbocycles. The summed E-state index contributed by atoms with van der Waals surface area (Å²) in [5, 5.41) is 3.41. The van der Waals surface area contributed by atoms with Gasteiger partial charge in [-0.3, -0.25) is 0 Å². The fourth-order valence-corrected chi connectivity index (χ4v) is 2.22. The molecule has 1 aliphatic rings. The number of hydrogen-bond acceptors (Lipinski definition) is 2. The van der Waals surface area contributed by atoms with E-state index in [4.69, 9.17) is 0 Å². The molecule has 1 atom stereocenters. The van der Waals surface area contributed by atoms with Crippen molar-refractivity contribution in [1.82, 2.24) is 14.9 Å². The largest absolute Gasteiger partial charge is 0.334 e. The van der Waals surface area contributed by atoms with E-state index in [1.54, 1.807) is 0 Å². The summed E-state index contributed by atoms with van der Waals surface area (Å²) in [6.45, 7) is 10.1. The van der Waals surface area contributed by atoms with Gasteiger partial charge in [0.15, 0.2) is 0 Å². The van der Waals surface area contributed by atoms with Crippen LogP contribution < -0.4 is 5.32 Å². The Balaban J connectivity index is 2.14. The maximum atomic E-state index is 4.29. The van der Waals surface area contributed by atoms with E-state index >= 15 is 0 Å². The fourth-order valence-electron chi connectivity index (χ4n) is 2.22. The number of nitrogens with zero attached hydrogens (tertiary/aromatic N) is 2. The number of nitrogens with one attached hydrogen (secondary N) is 1. The molecule has 3 nitrogen and oxygen atoms in total. The molecule has 0 aliphatic carbocycles. The Morgan fingerprint density at radius 1 is 1.53 bits per heavy atom. The molecule has 3 heteroatoms. The van der Waals surface area contributed by atoms with Crippen molar-refractivity contribution in [1.29, 1.82) is 0 Å². The topological polar surface area (TPSA) is 29.9 Å². The van der Waals surface area contributed by atoms with Crippen LogP contribution in [-0.4, -0.2) is 22.6 Å². The van der Waals surface area contributed by atoms with Gasteiger partial charge in [-0.05, 0) is 18.4 Å². The lowest BCUT2D eigenvalue weighted by Crippen LogP contribution is -2.18. The van der Waals surface area contributed by atoms with Gasteiger partial charge in [0.05, 0.1) is 6.33 Å². The van der Waals surface area contributed by atoms with E-state index in [1.165, 1.54) is 12.1 Å². The summed E-state index contributed by atoms with van der Waals surface area (Å²) in [7, 11) is 0. The van der Waals surface area contributed by atoms with Crippen molar-refractivity contribution in [2.45, 2.75) is 39.7 Å². The van der Waals surface area contributed by atoms with Crippen LogP contribution >= 0.6 is 0 Å². The highest BCUT2D eigenvalue weighted by Crippen LogP contribution is 2.25. The summed E-state index contributed by atoms with van der Waals surface area (Å²) in [5.41, 5.74) is 1.72. The summed E-state index contributed by atoms with van der Waals surface area (Å²) < 4.78 is 2.32. The second-order valence-corrected chi connectivity index (χ2v) is 5.70. The molecule has 0 spiro atoms. The lowest BCUT2D eigenvalue weighted by atomic mass is 9.96. The fraction of sp³-hybridized carbons (Fsp3) is 0.750. The molecule has 2 rings (SSSR count). The van der Waals surface area contributed by atoms with Crippen LogP contribution in [0.5, 0.6) is 0 Å². The normalized spacial score (nSPS) is 22.2. The average molecular weight is 207 g/mol. The van der Waals surface area contributed by atoms with Gasteiger partial charge in [0.25, 0.3) is 0 Å². The van der Waals surface area contributed by atoms with Crippen molar-refractivity contribution in [3.63, 3.8) is 0 Å². The first-order valence-corrected chi connectivity index (χ1v) is 5.77. The van der Waals surface area contributed by atoms with Crippen LogP contribution in [-0.2, 0) is 6.54 Å². The minimum Gasteiger partial charge on any atom is -0.334 e. The zero-order chi connectivity index (χ0) is 10.9. The lowest BCUT2D eigenvalue weighted by Gasteiger charge is -2.22. The minimum atomic E-state index is 0.321. The first-order chi connectivity index (χ1) is 7.06. The van der Waals surface area contributed by atoms with E-state index in [0.717, 1.165) is 19.6 Å². The first-order valence-electron chi connectivity index (χ1n) is 5.77. The third kappa shape index (κ3) is 2.59. The Kier molecular flexibility index (Phi) is 2.83. The average Bonchev–Trinajstić information content (AvgIpc) is 2.68. The van der Waals surface area contributed by atoms with Crippen molar-refractivity contribution in [2.24, 2.45) is 5.41 Å². The number of imidazole rings is 1. The molecule has 84 valence electrons. The van der Waals surface area contributed by atoms with Crippen molar-refractivity contribution in [3.05, 3.63) is 18.2 Å². The Morgan fingerprint density at radius 2 is 2.33 bits per heavy atom. The van der Waals surface area contributed by atoms with Crippen molar-refractivity contribution in [3.8, 4) is 0 Å². The van der Waals surface area contributed by atoms with Crippen LogP contribution in [0, 0.1) is 5.41 Å². The Morgan fingerprint density at radius 3 is 2.93 bits per heavy atom. The summed E-state index contributed by atoms with van der Waals surface area (Å²) in [5.74, 6) is 0.662. The maximum Gasteiger partial charge on any atom is 0.0948 e. The van der Waals surface area contributed by atoms with E-state index in [0.29, 0.717) is 11.3 Å². The van der Waals surface area contributed by atoms with E-state index in [1.807, 2.05) is 12.5 Å². The zero-order valence-electron chi connectivity index (χ0n) is 9.95. The smallest absolute Gasteiger partial charge is 0.0948 e. The first kappa shape index (κ1) is 10.7. The van der Waals surface area contributed by atoms with E-state index in [2.05, 4.69) is 35.6 Å².